The number of benzene rings is 2. The number of aryl methyl sites for hydroxylation is 2. The Balaban J connectivity index is 1.33. The van der Waals surface area contributed by atoms with Crippen LogP contribution in [0.5, 0.6) is 0 Å². The summed E-state index contributed by atoms with van der Waals surface area (Å²) in [6.07, 6.45) is 0.0892. The van der Waals surface area contributed by atoms with Crippen molar-refractivity contribution in [3.05, 3.63) is 77.5 Å². The fourth-order valence-electron chi connectivity index (χ4n) is 4.56. The van der Waals surface area contributed by atoms with Gasteiger partial charge in [0.25, 0.3) is 0 Å². The van der Waals surface area contributed by atoms with Gasteiger partial charge in [-0.1, -0.05) is 18.2 Å². The van der Waals surface area contributed by atoms with E-state index in [0.29, 0.717) is 22.9 Å². The van der Waals surface area contributed by atoms with Gasteiger partial charge in [-0.25, -0.2) is 9.78 Å². The zero-order valence-electron chi connectivity index (χ0n) is 20.9. The first kappa shape index (κ1) is 24.2. The molecule has 2 aromatic heterocycles. The Morgan fingerprint density at radius 1 is 1.08 bits per heavy atom. The van der Waals surface area contributed by atoms with E-state index in [2.05, 4.69) is 10.4 Å². The quantitative estimate of drug-likeness (QED) is 0.400. The van der Waals surface area contributed by atoms with Crippen molar-refractivity contribution in [3.8, 4) is 5.82 Å². The molecule has 4 aromatic rings. The molecule has 1 saturated heterocycles. The van der Waals surface area contributed by atoms with Crippen LogP contribution >= 0.6 is 0 Å². The number of esters is 1. The Kier molecular flexibility index (Phi) is 6.43. The molecule has 1 aliphatic heterocycles. The van der Waals surface area contributed by atoms with E-state index in [-0.39, 0.29) is 31.4 Å². The number of fused-ring (bicyclic) bond motifs is 1. The van der Waals surface area contributed by atoms with E-state index in [9.17, 15) is 14.4 Å². The molecule has 188 valence electrons. The van der Waals surface area contributed by atoms with Gasteiger partial charge >= 0.3 is 5.97 Å². The molecule has 0 aliphatic carbocycles. The number of amides is 2. The monoisotopic (exact) mass is 497 g/mol. The fraction of sp³-hybridized carbons (Fsp3) is 0.250. The van der Waals surface area contributed by atoms with Gasteiger partial charge in [0.2, 0.25) is 11.8 Å². The topological polar surface area (TPSA) is 106 Å². The third-order valence-corrected chi connectivity index (χ3v) is 6.40. The maximum atomic E-state index is 13.2. The molecule has 1 fully saturated rings. The van der Waals surface area contributed by atoms with E-state index in [1.54, 1.807) is 46.8 Å². The standard InChI is InChI=1S/C28H27N5O4/c1-4-37-28(36)19-9-11-21(12-10-19)32-16-20(15-26(32)34)27(35)30-25-14-18(3)31-33(25)24-13-17(2)22-7-5-6-8-23(22)29-24/h5-14,20H,4,15-16H2,1-3H3,(H,30,35). The summed E-state index contributed by atoms with van der Waals surface area (Å²) in [5, 5.41) is 8.55. The molecular weight excluding hydrogens is 470 g/mol. The molecule has 3 heterocycles. The van der Waals surface area contributed by atoms with Crippen LogP contribution in [0.15, 0.2) is 60.7 Å². The largest absolute Gasteiger partial charge is 0.462 e. The molecule has 0 bridgehead atoms. The number of hydrogen-bond donors (Lipinski definition) is 1. The number of ether oxygens (including phenoxy) is 1. The third-order valence-electron chi connectivity index (χ3n) is 6.40. The van der Waals surface area contributed by atoms with Crippen molar-refractivity contribution in [2.24, 2.45) is 5.92 Å². The number of para-hydroxylation sites is 1. The summed E-state index contributed by atoms with van der Waals surface area (Å²) in [5.74, 6) is -0.271. The van der Waals surface area contributed by atoms with Crippen molar-refractivity contribution in [1.29, 1.82) is 0 Å². The number of carbonyl (C=O) groups excluding carboxylic acids is 3. The molecule has 2 amide bonds. The summed E-state index contributed by atoms with van der Waals surface area (Å²) in [7, 11) is 0. The van der Waals surface area contributed by atoms with Crippen molar-refractivity contribution >= 4 is 40.2 Å². The maximum Gasteiger partial charge on any atom is 0.338 e. The minimum atomic E-state index is -0.535. The van der Waals surface area contributed by atoms with Crippen LogP contribution in [0.3, 0.4) is 0 Å². The maximum absolute atomic E-state index is 13.2. The van der Waals surface area contributed by atoms with Gasteiger partial charge in [-0.15, -0.1) is 0 Å². The van der Waals surface area contributed by atoms with Gasteiger partial charge in [-0.2, -0.15) is 9.78 Å². The Morgan fingerprint density at radius 2 is 1.84 bits per heavy atom. The first-order valence-corrected chi connectivity index (χ1v) is 12.2. The van der Waals surface area contributed by atoms with Crippen LogP contribution in [-0.2, 0) is 14.3 Å². The van der Waals surface area contributed by atoms with Gasteiger partial charge in [0, 0.05) is 30.1 Å². The van der Waals surface area contributed by atoms with Gasteiger partial charge in [0.1, 0.15) is 5.82 Å². The summed E-state index contributed by atoms with van der Waals surface area (Å²) < 4.78 is 6.63. The van der Waals surface area contributed by atoms with E-state index in [1.807, 2.05) is 44.2 Å². The van der Waals surface area contributed by atoms with Crippen LogP contribution in [0.1, 0.15) is 35.0 Å². The number of hydrogen-bond acceptors (Lipinski definition) is 6. The normalized spacial score (nSPS) is 15.3. The summed E-state index contributed by atoms with van der Waals surface area (Å²) in [5.41, 5.74) is 3.66. The minimum Gasteiger partial charge on any atom is -0.462 e. The molecule has 9 heteroatoms. The number of rotatable bonds is 6. The molecule has 5 rings (SSSR count). The molecule has 1 aliphatic rings. The Labute approximate surface area is 214 Å². The Bertz CT molecular complexity index is 1510. The molecule has 1 N–H and O–H groups in total. The highest BCUT2D eigenvalue weighted by Gasteiger charge is 2.35. The lowest BCUT2D eigenvalue weighted by Gasteiger charge is -2.17. The van der Waals surface area contributed by atoms with Gasteiger partial charge in [0.15, 0.2) is 5.82 Å². The number of pyridine rings is 1. The number of carbonyl (C=O) groups is 3. The SMILES string of the molecule is CCOC(=O)c1ccc(N2CC(C(=O)Nc3cc(C)nn3-c3cc(C)c4ccccc4n3)CC2=O)cc1. The van der Waals surface area contributed by atoms with E-state index in [0.717, 1.165) is 22.2 Å². The van der Waals surface area contributed by atoms with Crippen molar-refractivity contribution in [1.82, 2.24) is 14.8 Å². The van der Waals surface area contributed by atoms with Crippen LogP contribution in [0.4, 0.5) is 11.5 Å². The number of nitrogens with one attached hydrogen (secondary N) is 1. The first-order valence-electron chi connectivity index (χ1n) is 12.2. The summed E-state index contributed by atoms with van der Waals surface area (Å²) in [6, 6.07) is 18.2. The zero-order chi connectivity index (χ0) is 26.1. The van der Waals surface area contributed by atoms with Crippen LogP contribution in [0.2, 0.25) is 0 Å². The van der Waals surface area contributed by atoms with Crippen molar-refractivity contribution in [2.45, 2.75) is 27.2 Å². The van der Waals surface area contributed by atoms with Crippen LogP contribution in [0.25, 0.3) is 16.7 Å². The minimum absolute atomic E-state index is 0.0892. The molecule has 0 spiro atoms. The van der Waals surface area contributed by atoms with Crippen LogP contribution < -0.4 is 10.2 Å². The van der Waals surface area contributed by atoms with E-state index < -0.39 is 11.9 Å². The highest BCUT2D eigenvalue weighted by Crippen LogP contribution is 2.28. The summed E-state index contributed by atoms with van der Waals surface area (Å²) in [4.78, 5) is 44.2. The second kappa shape index (κ2) is 9.85. The predicted octanol–water partition coefficient (Wildman–Crippen LogP) is 4.21. The van der Waals surface area contributed by atoms with E-state index >= 15 is 0 Å². The van der Waals surface area contributed by atoms with Crippen LogP contribution in [-0.4, -0.2) is 45.7 Å². The van der Waals surface area contributed by atoms with Gasteiger partial charge in [-0.3, -0.25) is 9.59 Å². The Hall–Kier alpha value is -4.53. The van der Waals surface area contributed by atoms with Crippen molar-refractivity contribution < 1.29 is 19.1 Å². The number of aromatic nitrogens is 3. The molecule has 37 heavy (non-hydrogen) atoms. The lowest BCUT2D eigenvalue weighted by molar-refractivity contribution is -0.122. The average Bonchev–Trinajstić information content (AvgIpc) is 3.46. The van der Waals surface area contributed by atoms with E-state index in [1.165, 1.54) is 0 Å². The predicted molar refractivity (Wildman–Crippen MR) is 140 cm³/mol. The highest BCUT2D eigenvalue weighted by atomic mass is 16.5. The first-order chi connectivity index (χ1) is 17.8. The second-order valence-electron chi connectivity index (χ2n) is 9.06. The smallest absolute Gasteiger partial charge is 0.338 e. The third kappa shape index (κ3) is 4.80. The highest BCUT2D eigenvalue weighted by molar-refractivity contribution is 6.03. The average molecular weight is 498 g/mol. The van der Waals surface area contributed by atoms with Gasteiger partial charge in [-0.05, 0) is 62.7 Å². The fourth-order valence-corrected chi connectivity index (χ4v) is 4.56. The van der Waals surface area contributed by atoms with Crippen LogP contribution in [0, 0.1) is 19.8 Å². The summed E-state index contributed by atoms with van der Waals surface area (Å²) in [6.45, 7) is 6.13. The van der Waals surface area contributed by atoms with Crippen molar-refractivity contribution in [3.63, 3.8) is 0 Å². The second-order valence-corrected chi connectivity index (χ2v) is 9.06. The molecular formula is C28H27N5O4. The molecule has 1 atom stereocenters. The van der Waals surface area contributed by atoms with E-state index in [4.69, 9.17) is 9.72 Å². The Morgan fingerprint density at radius 3 is 2.59 bits per heavy atom. The number of nitrogens with zero attached hydrogens (tertiary/aromatic N) is 4. The lowest BCUT2D eigenvalue weighted by Crippen LogP contribution is -2.28. The lowest BCUT2D eigenvalue weighted by atomic mass is 10.1. The van der Waals surface area contributed by atoms with Crippen molar-refractivity contribution in [2.75, 3.05) is 23.4 Å². The molecule has 1 unspecified atom stereocenters. The zero-order valence-corrected chi connectivity index (χ0v) is 20.9. The van der Waals surface area contributed by atoms with Gasteiger partial charge < -0.3 is 15.0 Å². The number of anilines is 2. The molecule has 0 saturated carbocycles. The van der Waals surface area contributed by atoms with Gasteiger partial charge in [0.05, 0.1) is 29.3 Å². The molecule has 9 nitrogen and oxygen atoms in total. The molecule has 2 aromatic carbocycles. The summed E-state index contributed by atoms with van der Waals surface area (Å²) >= 11 is 0. The molecule has 0 radical (unpaired) electrons.